The fraction of sp³-hybridized carbons (Fsp3) is 0.357. The second-order valence-corrected chi connectivity index (χ2v) is 4.62. The van der Waals surface area contributed by atoms with Gasteiger partial charge in [0.15, 0.2) is 5.82 Å². The molecule has 6 nitrogen and oxygen atoms in total. The molecular weight excluding hydrogens is 254 g/mol. The summed E-state index contributed by atoms with van der Waals surface area (Å²) in [6.45, 7) is 6.58. The van der Waals surface area contributed by atoms with Gasteiger partial charge in [-0.3, -0.25) is 0 Å². The molecule has 0 atom stereocenters. The maximum Gasteiger partial charge on any atom is 0.319 e. The Morgan fingerprint density at radius 2 is 2.15 bits per heavy atom. The highest BCUT2D eigenvalue weighted by Crippen LogP contribution is 2.12. The maximum atomic E-state index is 11.5. The van der Waals surface area contributed by atoms with E-state index in [2.05, 4.69) is 20.7 Å². The summed E-state index contributed by atoms with van der Waals surface area (Å²) >= 11 is 0. The predicted molar refractivity (Wildman–Crippen MR) is 78.1 cm³/mol. The molecule has 20 heavy (non-hydrogen) atoms. The molecule has 2 aromatic rings. The number of hydrogen-bond donors (Lipinski definition) is 2. The number of urea groups is 1. The van der Waals surface area contributed by atoms with Crippen LogP contribution in [0.1, 0.15) is 24.7 Å². The molecule has 0 aliphatic carbocycles. The van der Waals surface area contributed by atoms with Gasteiger partial charge < -0.3 is 10.6 Å². The van der Waals surface area contributed by atoms with Crippen LogP contribution in [0.5, 0.6) is 0 Å². The Morgan fingerprint density at radius 1 is 1.35 bits per heavy atom. The Balaban J connectivity index is 2.07. The Kier molecular flexibility index (Phi) is 4.34. The first kappa shape index (κ1) is 14.0. The van der Waals surface area contributed by atoms with Gasteiger partial charge in [0.05, 0.1) is 17.6 Å². The van der Waals surface area contributed by atoms with Gasteiger partial charge in [-0.25, -0.2) is 14.5 Å². The lowest BCUT2D eigenvalue weighted by Gasteiger charge is -2.07. The molecule has 2 N–H and O–H groups in total. The average Bonchev–Trinajstić information content (AvgIpc) is 2.76. The zero-order valence-corrected chi connectivity index (χ0v) is 12.0. The Hall–Kier alpha value is -2.37. The lowest BCUT2D eigenvalue weighted by atomic mass is 10.4. The van der Waals surface area contributed by atoms with E-state index in [1.165, 1.54) is 0 Å². The summed E-state index contributed by atoms with van der Waals surface area (Å²) in [5.41, 5.74) is 2.63. The number of nitrogens with one attached hydrogen (secondary N) is 2. The predicted octanol–water partition coefficient (Wildman–Crippen LogP) is 2.42. The number of carbonyl (C=O) groups excluding carboxylic acids is 1. The van der Waals surface area contributed by atoms with E-state index in [1.807, 2.05) is 39.0 Å². The van der Waals surface area contributed by atoms with Crippen LogP contribution in [0, 0.1) is 13.8 Å². The number of aryl methyl sites for hydroxylation is 2. The molecule has 2 amide bonds. The first-order chi connectivity index (χ1) is 9.60. The fourth-order valence-corrected chi connectivity index (χ4v) is 1.86. The van der Waals surface area contributed by atoms with Crippen molar-refractivity contribution in [3.05, 3.63) is 35.8 Å². The van der Waals surface area contributed by atoms with E-state index in [4.69, 9.17) is 0 Å². The summed E-state index contributed by atoms with van der Waals surface area (Å²) in [7, 11) is 0. The van der Waals surface area contributed by atoms with Crippen LogP contribution >= 0.6 is 0 Å². The highest BCUT2D eigenvalue weighted by molar-refractivity contribution is 5.88. The van der Waals surface area contributed by atoms with E-state index in [0.29, 0.717) is 12.2 Å². The molecule has 0 aliphatic heterocycles. The minimum atomic E-state index is -0.215. The number of carbonyl (C=O) groups is 1. The molecule has 0 aromatic carbocycles. The van der Waals surface area contributed by atoms with Gasteiger partial charge in [-0.05, 0) is 38.5 Å². The van der Waals surface area contributed by atoms with E-state index in [9.17, 15) is 4.79 Å². The van der Waals surface area contributed by atoms with Crippen LogP contribution in [-0.4, -0.2) is 27.3 Å². The monoisotopic (exact) mass is 273 g/mol. The fourth-order valence-electron chi connectivity index (χ4n) is 1.86. The van der Waals surface area contributed by atoms with Gasteiger partial charge >= 0.3 is 6.03 Å². The molecule has 106 valence electrons. The van der Waals surface area contributed by atoms with Crippen LogP contribution < -0.4 is 10.6 Å². The zero-order chi connectivity index (χ0) is 14.5. The summed E-state index contributed by atoms with van der Waals surface area (Å²) in [5.74, 6) is 0.732. The number of hydrogen-bond acceptors (Lipinski definition) is 3. The first-order valence-corrected chi connectivity index (χ1v) is 6.64. The second kappa shape index (κ2) is 6.18. The molecule has 2 heterocycles. The van der Waals surface area contributed by atoms with Crippen molar-refractivity contribution in [3.63, 3.8) is 0 Å². The summed E-state index contributed by atoms with van der Waals surface area (Å²) in [5, 5.41) is 9.84. The second-order valence-electron chi connectivity index (χ2n) is 4.62. The summed E-state index contributed by atoms with van der Waals surface area (Å²) in [6, 6.07) is 5.41. The smallest absolute Gasteiger partial charge is 0.319 e. The van der Waals surface area contributed by atoms with Crippen LogP contribution in [0.15, 0.2) is 24.4 Å². The third-order valence-corrected chi connectivity index (χ3v) is 2.77. The van der Waals surface area contributed by atoms with E-state index >= 15 is 0 Å². The van der Waals surface area contributed by atoms with E-state index in [1.54, 1.807) is 10.9 Å². The molecule has 0 saturated heterocycles. The molecule has 0 spiro atoms. The van der Waals surface area contributed by atoms with Gasteiger partial charge in [-0.15, -0.1) is 0 Å². The van der Waals surface area contributed by atoms with Crippen molar-refractivity contribution >= 4 is 11.7 Å². The highest BCUT2D eigenvalue weighted by atomic mass is 16.2. The van der Waals surface area contributed by atoms with Gasteiger partial charge in [0.1, 0.15) is 0 Å². The molecule has 0 unspecified atom stereocenters. The highest BCUT2D eigenvalue weighted by Gasteiger charge is 2.06. The van der Waals surface area contributed by atoms with Crippen molar-refractivity contribution in [2.45, 2.75) is 27.2 Å². The molecule has 0 saturated carbocycles. The van der Waals surface area contributed by atoms with Crippen molar-refractivity contribution < 1.29 is 4.79 Å². The Bertz CT molecular complexity index is 588. The number of aromatic nitrogens is 3. The number of rotatable bonds is 4. The number of nitrogens with zero attached hydrogens (tertiary/aromatic N) is 3. The Morgan fingerprint density at radius 3 is 2.70 bits per heavy atom. The first-order valence-electron chi connectivity index (χ1n) is 6.64. The van der Waals surface area contributed by atoms with Crippen LogP contribution in [0.25, 0.3) is 5.82 Å². The normalized spacial score (nSPS) is 10.3. The minimum absolute atomic E-state index is 0.215. The topological polar surface area (TPSA) is 71.8 Å². The van der Waals surface area contributed by atoms with Crippen LogP contribution in [-0.2, 0) is 0 Å². The standard InChI is InChI=1S/C14H19N5O/c1-4-7-15-14(20)17-12-5-6-13(16-9-12)19-11(3)8-10(2)18-19/h5-6,8-9H,4,7H2,1-3H3,(H2,15,17,20). The van der Waals surface area contributed by atoms with Crippen LogP contribution in [0.2, 0.25) is 0 Å². The molecule has 0 bridgehead atoms. The van der Waals surface area contributed by atoms with Gasteiger partial charge in [0, 0.05) is 12.2 Å². The SMILES string of the molecule is CCCNC(=O)Nc1ccc(-n2nc(C)cc2C)nc1. The molecule has 2 aromatic heterocycles. The summed E-state index contributed by atoms with van der Waals surface area (Å²) in [6.07, 6.45) is 2.53. The summed E-state index contributed by atoms with van der Waals surface area (Å²) in [4.78, 5) is 15.8. The number of pyridine rings is 1. The lowest BCUT2D eigenvalue weighted by molar-refractivity contribution is 0.252. The van der Waals surface area contributed by atoms with Gasteiger partial charge in [-0.2, -0.15) is 5.10 Å². The van der Waals surface area contributed by atoms with Crippen molar-refractivity contribution in [3.8, 4) is 5.82 Å². The molecule has 2 rings (SSSR count). The number of amides is 2. The van der Waals surface area contributed by atoms with Crippen LogP contribution in [0.3, 0.4) is 0 Å². The van der Waals surface area contributed by atoms with Gasteiger partial charge in [0.2, 0.25) is 0 Å². The molecular formula is C14H19N5O. The lowest BCUT2D eigenvalue weighted by Crippen LogP contribution is -2.29. The van der Waals surface area contributed by atoms with Crippen molar-refractivity contribution in [1.82, 2.24) is 20.1 Å². The van der Waals surface area contributed by atoms with E-state index in [-0.39, 0.29) is 6.03 Å². The quantitative estimate of drug-likeness (QED) is 0.898. The average molecular weight is 273 g/mol. The van der Waals surface area contributed by atoms with Crippen LogP contribution in [0.4, 0.5) is 10.5 Å². The minimum Gasteiger partial charge on any atom is -0.338 e. The van der Waals surface area contributed by atoms with Gasteiger partial charge in [0.25, 0.3) is 0 Å². The van der Waals surface area contributed by atoms with Gasteiger partial charge in [-0.1, -0.05) is 6.92 Å². The summed E-state index contributed by atoms with van der Waals surface area (Å²) < 4.78 is 1.77. The van der Waals surface area contributed by atoms with Crippen molar-refractivity contribution in [2.24, 2.45) is 0 Å². The largest absolute Gasteiger partial charge is 0.338 e. The van der Waals surface area contributed by atoms with Crippen molar-refractivity contribution in [2.75, 3.05) is 11.9 Å². The third kappa shape index (κ3) is 3.34. The Labute approximate surface area is 118 Å². The molecule has 6 heteroatoms. The maximum absolute atomic E-state index is 11.5. The molecule has 0 fully saturated rings. The van der Waals surface area contributed by atoms with Crippen molar-refractivity contribution in [1.29, 1.82) is 0 Å². The molecule has 0 radical (unpaired) electrons. The zero-order valence-electron chi connectivity index (χ0n) is 12.0. The third-order valence-electron chi connectivity index (χ3n) is 2.77. The number of anilines is 1. The van der Waals surface area contributed by atoms with E-state index < -0.39 is 0 Å². The van der Waals surface area contributed by atoms with E-state index in [0.717, 1.165) is 23.6 Å². The molecule has 0 aliphatic rings.